The van der Waals surface area contributed by atoms with Gasteiger partial charge in [0.15, 0.2) is 0 Å². The Bertz CT molecular complexity index is 659. The first-order valence-electron chi connectivity index (χ1n) is 7.52. The number of carbonyl (C=O) groups is 1. The monoisotopic (exact) mass is 316 g/mol. The Labute approximate surface area is 134 Å². The molecule has 23 heavy (non-hydrogen) atoms. The van der Waals surface area contributed by atoms with Crippen LogP contribution < -0.4 is 5.32 Å². The lowest BCUT2D eigenvalue weighted by atomic mass is 10.1. The molecule has 0 saturated carbocycles. The van der Waals surface area contributed by atoms with Gasteiger partial charge in [-0.1, -0.05) is 12.1 Å². The summed E-state index contributed by atoms with van der Waals surface area (Å²) in [6.07, 6.45) is 1.72. The molecule has 1 aromatic carbocycles. The van der Waals surface area contributed by atoms with Gasteiger partial charge in [-0.25, -0.2) is 4.79 Å². The van der Waals surface area contributed by atoms with Crippen LogP contribution in [0.3, 0.4) is 0 Å². The van der Waals surface area contributed by atoms with E-state index in [1.54, 1.807) is 18.2 Å². The molecule has 122 valence electrons. The maximum absolute atomic E-state index is 12.5. The van der Waals surface area contributed by atoms with Gasteiger partial charge >= 0.3 is 6.03 Å². The fourth-order valence-electron chi connectivity index (χ4n) is 2.87. The van der Waals surface area contributed by atoms with Gasteiger partial charge in [-0.3, -0.25) is 5.10 Å². The molecule has 0 bridgehead atoms. The van der Waals surface area contributed by atoms with Crippen LogP contribution in [-0.4, -0.2) is 58.6 Å². The summed E-state index contributed by atoms with van der Waals surface area (Å²) in [6.45, 7) is 0.735. The number of nitrogens with one attached hydrogen (secondary N) is 2. The molecule has 2 atom stereocenters. The Morgan fingerprint density at radius 2 is 2.39 bits per heavy atom. The Morgan fingerprint density at radius 1 is 1.52 bits per heavy atom. The van der Waals surface area contributed by atoms with Gasteiger partial charge in [0.1, 0.15) is 0 Å². The smallest absolute Gasteiger partial charge is 0.322 e. The van der Waals surface area contributed by atoms with Crippen molar-refractivity contribution in [3.05, 3.63) is 36.5 Å². The second-order valence-electron chi connectivity index (χ2n) is 5.63. The third kappa shape index (κ3) is 3.52. The molecule has 1 aliphatic heterocycles. The Morgan fingerprint density at radius 3 is 3.13 bits per heavy atom. The van der Waals surface area contributed by atoms with Gasteiger partial charge in [0.05, 0.1) is 24.4 Å². The van der Waals surface area contributed by atoms with E-state index in [9.17, 15) is 9.90 Å². The van der Waals surface area contributed by atoms with E-state index in [-0.39, 0.29) is 12.1 Å². The molecule has 2 amide bonds. The van der Waals surface area contributed by atoms with Crippen LogP contribution in [0, 0.1) is 0 Å². The number of β-amino-alcohol motifs (C(OH)–C–C–N with tert-alkyl or cyclic N) is 1. The largest absolute Gasteiger partial charge is 0.391 e. The molecule has 7 nitrogen and oxygen atoms in total. The lowest BCUT2D eigenvalue weighted by Crippen LogP contribution is -2.41. The van der Waals surface area contributed by atoms with Gasteiger partial charge in [-0.2, -0.15) is 5.10 Å². The van der Waals surface area contributed by atoms with Crippen LogP contribution in [0.1, 0.15) is 6.42 Å². The summed E-state index contributed by atoms with van der Waals surface area (Å²) in [5.74, 6) is 0. The summed E-state index contributed by atoms with van der Waals surface area (Å²) in [6, 6.07) is 9.05. The van der Waals surface area contributed by atoms with E-state index in [1.165, 1.54) is 0 Å². The number of benzene rings is 1. The molecule has 0 radical (unpaired) electrons. The number of ether oxygens (including phenoxy) is 1. The molecule has 0 unspecified atom stereocenters. The summed E-state index contributed by atoms with van der Waals surface area (Å²) in [5, 5.41) is 19.5. The Balaban J connectivity index is 1.71. The van der Waals surface area contributed by atoms with Crippen molar-refractivity contribution < 1.29 is 14.6 Å². The van der Waals surface area contributed by atoms with Crippen molar-refractivity contribution in [2.24, 2.45) is 0 Å². The maximum Gasteiger partial charge on any atom is 0.322 e. The van der Waals surface area contributed by atoms with Gasteiger partial charge in [-0.05, 0) is 24.6 Å². The van der Waals surface area contributed by atoms with E-state index in [4.69, 9.17) is 4.74 Å². The summed E-state index contributed by atoms with van der Waals surface area (Å²) in [5.41, 5.74) is 2.52. The average Bonchev–Trinajstić information content (AvgIpc) is 3.18. The van der Waals surface area contributed by atoms with Crippen LogP contribution in [0.4, 0.5) is 10.5 Å². The van der Waals surface area contributed by atoms with Gasteiger partial charge < -0.3 is 20.1 Å². The highest BCUT2D eigenvalue weighted by Crippen LogP contribution is 2.23. The highest BCUT2D eigenvalue weighted by Gasteiger charge is 2.34. The minimum Gasteiger partial charge on any atom is -0.391 e. The van der Waals surface area contributed by atoms with Crippen LogP contribution >= 0.6 is 0 Å². The number of urea groups is 1. The third-order valence-corrected chi connectivity index (χ3v) is 3.94. The van der Waals surface area contributed by atoms with Gasteiger partial charge in [-0.15, -0.1) is 0 Å². The number of hydrogen-bond acceptors (Lipinski definition) is 4. The minimum absolute atomic E-state index is 0.106. The number of aliphatic hydroxyl groups is 1. The first-order chi connectivity index (χ1) is 11.2. The van der Waals surface area contributed by atoms with Gasteiger partial charge in [0.25, 0.3) is 0 Å². The topological polar surface area (TPSA) is 90.5 Å². The molecule has 2 aromatic rings. The predicted molar refractivity (Wildman–Crippen MR) is 86.0 cm³/mol. The number of aromatic nitrogens is 2. The van der Waals surface area contributed by atoms with Crippen molar-refractivity contribution in [2.75, 3.05) is 25.6 Å². The molecule has 2 heterocycles. The zero-order valence-corrected chi connectivity index (χ0v) is 12.9. The molecule has 0 spiro atoms. The van der Waals surface area contributed by atoms with E-state index in [0.717, 1.165) is 11.3 Å². The molecule has 3 N–H and O–H groups in total. The number of methoxy groups -OCH3 is 1. The molecule has 7 heteroatoms. The number of nitrogens with zero attached hydrogens (tertiary/aromatic N) is 2. The van der Waals surface area contributed by atoms with Gasteiger partial charge in [0.2, 0.25) is 0 Å². The van der Waals surface area contributed by atoms with Crippen LogP contribution in [0.15, 0.2) is 36.5 Å². The fourth-order valence-corrected chi connectivity index (χ4v) is 2.87. The molecule has 1 saturated heterocycles. The van der Waals surface area contributed by atoms with E-state index in [1.807, 2.05) is 30.3 Å². The van der Waals surface area contributed by atoms with E-state index in [2.05, 4.69) is 15.5 Å². The van der Waals surface area contributed by atoms with E-state index < -0.39 is 6.10 Å². The lowest BCUT2D eigenvalue weighted by Gasteiger charge is -2.24. The minimum atomic E-state index is -0.503. The highest BCUT2D eigenvalue weighted by atomic mass is 16.5. The number of amides is 2. The molecular formula is C16H20N4O3. The SMILES string of the molecule is COC[C@@H]1C[C@@H](O)CN1C(=O)Nc1cccc(-c2ccn[nH]2)c1. The van der Waals surface area contributed by atoms with Crippen molar-refractivity contribution in [2.45, 2.75) is 18.6 Å². The molecule has 1 aromatic heterocycles. The number of H-pyrrole nitrogens is 1. The normalized spacial score (nSPS) is 20.7. The first kappa shape index (κ1) is 15.5. The highest BCUT2D eigenvalue weighted by molar-refractivity contribution is 5.90. The van der Waals surface area contributed by atoms with Gasteiger partial charge in [0, 0.05) is 31.1 Å². The Kier molecular flexibility index (Phi) is 4.59. The standard InChI is InChI=1S/C16H20N4O3/c1-23-10-13-8-14(21)9-20(13)16(22)18-12-4-2-3-11(7-12)15-5-6-17-19-15/h2-7,13-14,21H,8-10H2,1H3,(H,17,19)(H,18,22)/t13-,14+/m0/s1. The first-order valence-corrected chi connectivity index (χ1v) is 7.52. The summed E-state index contributed by atoms with van der Waals surface area (Å²) >= 11 is 0. The average molecular weight is 316 g/mol. The second kappa shape index (κ2) is 6.80. The fraction of sp³-hybridized carbons (Fsp3) is 0.375. The van der Waals surface area contributed by atoms with Crippen molar-refractivity contribution in [1.82, 2.24) is 15.1 Å². The van der Waals surface area contributed by atoms with Crippen LogP contribution in [0.5, 0.6) is 0 Å². The number of carbonyl (C=O) groups excluding carboxylic acids is 1. The van der Waals surface area contributed by atoms with E-state index >= 15 is 0 Å². The summed E-state index contributed by atoms with van der Waals surface area (Å²) < 4.78 is 5.13. The summed E-state index contributed by atoms with van der Waals surface area (Å²) in [4.78, 5) is 14.1. The predicted octanol–water partition coefficient (Wildman–Crippen LogP) is 1.69. The quantitative estimate of drug-likeness (QED) is 0.800. The molecule has 1 fully saturated rings. The maximum atomic E-state index is 12.5. The number of rotatable bonds is 4. The van der Waals surface area contributed by atoms with Crippen molar-refractivity contribution >= 4 is 11.7 Å². The Hall–Kier alpha value is -2.38. The lowest BCUT2D eigenvalue weighted by molar-refractivity contribution is 0.128. The van der Waals surface area contributed by atoms with Crippen molar-refractivity contribution in [3.63, 3.8) is 0 Å². The van der Waals surface area contributed by atoms with Crippen LogP contribution in [0.25, 0.3) is 11.3 Å². The zero-order chi connectivity index (χ0) is 16.2. The summed E-state index contributed by atoms with van der Waals surface area (Å²) in [7, 11) is 1.59. The zero-order valence-electron chi connectivity index (χ0n) is 12.9. The van der Waals surface area contributed by atoms with Crippen molar-refractivity contribution in [1.29, 1.82) is 0 Å². The third-order valence-electron chi connectivity index (χ3n) is 3.94. The molecular weight excluding hydrogens is 296 g/mol. The van der Waals surface area contributed by atoms with Crippen molar-refractivity contribution in [3.8, 4) is 11.3 Å². The van der Waals surface area contributed by atoms with Crippen LogP contribution in [0.2, 0.25) is 0 Å². The second-order valence-corrected chi connectivity index (χ2v) is 5.63. The number of aromatic amines is 1. The van der Waals surface area contributed by atoms with E-state index in [0.29, 0.717) is 25.3 Å². The number of aliphatic hydroxyl groups excluding tert-OH is 1. The number of likely N-dealkylation sites (tertiary alicyclic amines) is 1. The molecule has 3 rings (SSSR count). The number of hydrogen-bond donors (Lipinski definition) is 3. The molecule has 0 aliphatic carbocycles. The molecule has 1 aliphatic rings. The number of anilines is 1. The van der Waals surface area contributed by atoms with Crippen LogP contribution in [-0.2, 0) is 4.74 Å².